The molecule has 3 rings (SSSR count). The van der Waals surface area contributed by atoms with Gasteiger partial charge in [0.05, 0.1) is 0 Å². The molecule has 2 aliphatic heterocycles. The van der Waals surface area contributed by atoms with Gasteiger partial charge in [0, 0.05) is 38.5 Å². The van der Waals surface area contributed by atoms with Crippen LogP contribution < -0.4 is 0 Å². The van der Waals surface area contributed by atoms with E-state index in [-0.39, 0.29) is 6.61 Å². The normalized spacial score (nSPS) is 24.4. The van der Waals surface area contributed by atoms with Crippen molar-refractivity contribution in [1.82, 2.24) is 19.7 Å². The smallest absolute Gasteiger partial charge is 0.152 e. The Labute approximate surface area is 114 Å². The first kappa shape index (κ1) is 13.1. The van der Waals surface area contributed by atoms with E-state index < -0.39 is 0 Å². The molecule has 1 saturated heterocycles. The summed E-state index contributed by atoms with van der Waals surface area (Å²) in [5.41, 5.74) is 0. The molecule has 0 saturated carbocycles. The topological polar surface area (TPSA) is 54.2 Å². The van der Waals surface area contributed by atoms with Crippen LogP contribution >= 0.6 is 0 Å². The quantitative estimate of drug-likeness (QED) is 0.876. The van der Waals surface area contributed by atoms with Gasteiger partial charge in [-0.1, -0.05) is 6.42 Å². The Hall–Kier alpha value is -0.940. The molecule has 0 radical (unpaired) electrons. The standard InChI is InChI=1S/C14H24N4O/c19-11-12-4-5-14-15-13(16-18(14)10-12)6-9-17-7-2-1-3-8-17/h12,19H,1-11H2. The van der Waals surface area contributed by atoms with Crippen molar-refractivity contribution in [3.05, 3.63) is 11.6 Å². The molecule has 2 aliphatic rings. The van der Waals surface area contributed by atoms with Crippen LogP contribution in [0.4, 0.5) is 0 Å². The summed E-state index contributed by atoms with van der Waals surface area (Å²) < 4.78 is 2.01. The molecule has 0 bridgehead atoms. The second-order valence-corrected chi connectivity index (χ2v) is 5.87. The van der Waals surface area contributed by atoms with Gasteiger partial charge in [-0.05, 0) is 32.4 Å². The van der Waals surface area contributed by atoms with Crippen molar-refractivity contribution in [2.24, 2.45) is 5.92 Å². The first-order chi connectivity index (χ1) is 9.35. The minimum atomic E-state index is 0.266. The summed E-state index contributed by atoms with van der Waals surface area (Å²) in [6, 6.07) is 0. The third-order valence-corrected chi connectivity index (χ3v) is 4.36. The zero-order valence-corrected chi connectivity index (χ0v) is 11.6. The van der Waals surface area contributed by atoms with E-state index in [4.69, 9.17) is 0 Å². The molecule has 1 atom stereocenters. The van der Waals surface area contributed by atoms with E-state index in [9.17, 15) is 5.11 Å². The van der Waals surface area contributed by atoms with Crippen LogP contribution in [0.5, 0.6) is 0 Å². The third kappa shape index (κ3) is 3.15. The number of aryl methyl sites for hydroxylation is 1. The molecule has 3 heterocycles. The Bertz CT molecular complexity index is 412. The number of piperidine rings is 1. The minimum absolute atomic E-state index is 0.266. The van der Waals surface area contributed by atoms with Crippen LogP contribution in [0.3, 0.4) is 0 Å². The summed E-state index contributed by atoms with van der Waals surface area (Å²) in [6.45, 7) is 4.66. The molecule has 0 amide bonds. The highest BCUT2D eigenvalue weighted by atomic mass is 16.3. The highest BCUT2D eigenvalue weighted by Gasteiger charge is 2.21. The highest BCUT2D eigenvalue weighted by Crippen LogP contribution is 2.18. The molecule has 5 heteroatoms. The number of aliphatic hydroxyl groups excluding tert-OH is 1. The van der Waals surface area contributed by atoms with Crippen molar-refractivity contribution in [3.63, 3.8) is 0 Å². The van der Waals surface area contributed by atoms with Crippen LogP contribution in [0.25, 0.3) is 0 Å². The predicted molar refractivity (Wildman–Crippen MR) is 72.9 cm³/mol. The SMILES string of the molecule is OCC1CCc2nc(CCN3CCCCC3)nn2C1. The van der Waals surface area contributed by atoms with Gasteiger partial charge in [-0.25, -0.2) is 9.67 Å². The van der Waals surface area contributed by atoms with E-state index >= 15 is 0 Å². The molecule has 1 aromatic heterocycles. The van der Waals surface area contributed by atoms with Crippen molar-refractivity contribution in [1.29, 1.82) is 0 Å². The van der Waals surface area contributed by atoms with Crippen molar-refractivity contribution in [2.45, 2.75) is 45.1 Å². The molecule has 19 heavy (non-hydrogen) atoms. The average Bonchev–Trinajstić information content (AvgIpc) is 2.88. The van der Waals surface area contributed by atoms with Gasteiger partial charge in [-0.2, -0.15) is 5.10 Å². The maximum absolute atomic E-state index is 9.23. The Morgan fingerprint density at radius 1 is 1.21 bits per heavy atom. The molecule has 0 aliphatic carbocycles. The monoisotopic (exact) mass is 264 g/mol. The number of aliphatic hydroxyl groups is 1. The molecule has 5 nitrogen and oxygen atoms in total. The second-order valence-electron chi connectivity index (χ2n) is 5.87. The van der Waals surface area contributed by atoms with Crippen molar-refractivity contribution < 1.29 is 5.11 Å². The third-order valence-electron chi connectivity index (χ3n) is 4.36. The molecular weight excluding hydrogens is 240 g/mol. The van der Waals surface area contributed by atoms with Gasteiger partial charge >= 0.3 is 0 Å². The Morgan fingerprint density at radius 3 is 2.84 bits per heavy atom. The molecule has 0 aromatic carbocycles. The number of nitrogens with zero attached hydrogens (tertiary/aromatic N) is 4. The first-order valence-electron chi connectivity index (χ1n) is 7.61. The van der Waals surface area contributed by atoms with E-state index in [2.05, 4.69) is 15.0 Å². The van der Waals surface area contributed by atoms with Crippen LogP contribution in [-0.2, 0) is 19.4 Å². The fourth-order valence-corrected chi connectivity index (χ4v) is 3.12. The molecule has 1 fully saturated rings. The van der Waals surface area contributed by atoms with E-state index in [1.807, 2.05) is 4.68 Å². The summed E-state index contributed by atoms with van der Waals surface area (Å²) in [6.07, 6.45) is 7.03. The van der Waals surface area contributed by atoms with Crippen LogP contribution in [0.2, 0.25) is 0 Å². The van der Waals surface area contributed by atoms with E-state index in [1.165, 1.54) is 32.4 Å². The summed E-state index contributed by atoms with van der Waals surface area (Å²) >= 11 is 0. The molecule has 1 unspecified atom stereocenters. The Balaban J connectivity index is 1.55. The van der Waals surface area contributed by atoms with Gasteiger partial charge in [0.25, 0.3) is 0 Å². The summed E-state index contributed by atoms with van der Waals surface area (Å²) in [7, 11) is 0. The van der Waals surface area contributed by atoms with Crippen LogP contribution in [0.15, 0.2) is 0 Å². The number of aromatic nitrogens is 3. The molecular formula is C14H24N4O. The number of hydrogen-bond donors (Lipinski definition) is 1. The maximum atomic E-state index is 9.23. The average molecular weight is 264 g/mol. The molecule has 1 N–H and O–H groups in total. The largest absolute Gasteiger partial charge is 0.396 e. The van der Waals surface area contributed by atoms with Crippen LogP contribution in [-0.4, -0.2) is 51.0 Å². The summed E-state index contributed by atoms with van der Waals surface area (Å²) in [4.78, 5) is 7.18. The van der Waals surface area contributed by atoms with Gasteiger partial charge in [0.1, 0.15) is 5.82 Å². The van der Waals surface area contributed by atoms with Gasteiger partial charge in [0.2, 0.25) is 0 Å². The Morgan fingerprint density at radius 2 is 2.05 bits per heavy atom. The summed E-state index contributed by atoms with van der Waals surface area (Å²) in [5.74, 6) is 2.46. The first-order valence-corrected chi connectivity index (χ1v) is 7.61. The van der Waals surface area contributed by atoms with Crippen molar-refractivity contribution in [3.8, 4) is 0 Å². The van der Waals surface area contributed by atoms with E-state index in [0.717, 1.165) is 44.0 Å². The lowest BCUT2D eigenvalue weighted by molar-refractivity contribution is 0.185. The van der Waals surface area contributed by atoms with E-state index in [1.54, 1.807) is 0 Å². The minimum Gasteiger partial charge on any atom is -0.396 e. The van der Waals surface area contributed by atoms with Crippen molar-refractivity contribution >= 4 is 0 Å². The maximum Gasteiger partial charge on any atom is 0.152 e. The number of fused-ring (bicyclic) bond motifs is 1. The van der Waals surface area contributed by atoms with Gasteiger partial charge < -0.3 is 10.0 Å². The van der Waals surface area contributed by atoms with E-state index in [0.29, 0.717) is 5.92 Å². The zero-order valence-electron chi connectivity index (χ0n) is 11.6. The zero-order chi connectivity index (χ0) is 13.1. The predicted octanol–water partition coefficient (Wildman–Crippen LogP) is 0.861. The molecule has 0 spiro atoms. The lowest BCUT2D eigenvalue weighted by Crippen LogP contribution is -2.31. The fourth-order valence-electron chi connectivity index (χ4n) is 3.12. The fraction of sp³-hybridized carbons (Fsp3) is 0.857. The number of hydrogen-bond acceptors (Lipinski definition) is 4. The van der Waals surface area contributed by atoms with Crippen LogP contribution in [0, 0.1) is 5.92 Å². The number of rotatable bonds is 4. The lowest BCUT2D eigenvalue weighted by Gasteiger charge is -2.25. The van der Waals surface area contributed by atoms with Gasteiger partial charge in [0.15, 0.2) is 5.82 Å². The number of likely N-dealkylation sites (tertiary alicyclic amines) is 1. The Kier molecular flexibility index (Phi) is 4.13. The molecule has 1 aromatic rings. The summed E-state index contributed by atoms with van der Waals surface area (Å²) in [5, 5.41) is 13.8. The van der Waals surface area contributed by atoms with Crippen molar-refractivity contribution in [2.75, 3.05) is 26.2 Å². The van der Waals surface area contributed by atoms with Gasteiger partial charge in [-0.15, -0.1) is 0 Å². The molecule has 106 valence electrons. The lowest BCUT2D eigenvalue weighted by atomic mass is 10.0. The highest BCUT2D eigenvalue weighted by molar-refractivity contribution is 4.97. The second kappa shape index (κ2) is 6.01. The van der Waals surface area contributed by atoms with Gasteiger partial charge in [-0.3, -0.25) is 0 Å². The van der Waals surface area contributed by atoms with Crippen LogP contribution in [0.1, 0.15) is 37.3 Å².